The molecule has 0 spiro atoms. The Labute approximate surface area is 163 Å². The standard InChI is InChI=1S/C17H15O3.HI.Mg/c1-18-17(19-2)16-11-12(10-13-6-5-9-20-13)14-7-3-4-8-15(14)16;;/h3-8,10-11,17H,1-2H3;1H;/q-1;;+2/p-1/b12-10+;;. The second-order valence-corrected chi connectivity index (χ2v) is 4.50. The number of methoxy groups -OCH3 is 2. The smallest absolute Gasteiger partial charge is 1.00 e. The minimum Gasteiger partial charge on any atom is -1.00 e. The molecule has 0 unspecified atom stereocenters. The van der Waals surface area contributed by atoms with Crippen molar-refractivity contribution in [1.29, 1.82) is 0 Å². The van der Waals surface area contributed by atoms with Crippen LogP contribution in [0.3, 0.4) is 0 Å². The van der Waals surface area contributed by atoms with E-state index in [2.05, 4.69) is 24.5 Å². The van der Waals surface area contributed by atoms with E-state index in [9.17, 15) is 0 Å². The molecule has 1 aromatic carbocycles. The number of hydrogen-bond donors (Lipinski definition) is 0. The van der Waals surface area contributed by atoms with Gasteiger partial charge in [0.15, 0.2) is 6.29 Å². The summed E-state index contributed by atoms with van der Waals surface area (Å²) in [4.78, 5) is 0. The van der Waals surface area contributed by atoms with E-state index in [1.54, 1.807) is 20.3 Å². The average molecular weight is 419 g/mol. The molecule has 0 saturated heterocycles. The molecule has 0 atom stereocenters. The summed E-state index contributed by atoms with van der Waals surface area (Å²) in [6, 6.07) is 11.8. The normalized spacial score (nSPS) is 14.3. The van der Waals surface area contributed by atoms with Crippen LogP contribution in [0.2, 0.25) is 0 Å². The van der Waals surface area contributed by atoms with Crippen molar-refractivity contribution in [2.75, 3.05) is 14.2 Å². The number of furan rings is 1. The number of fused-ring (bicyclic) bond motifs is 1. The largest absolute Gasteiger partial charge is 2.00 e. The van der Waals surface area contributed by atoms with Gasteiger partial charge in [0.1, 0.15) is 0 Å². The van der Waals surface area contributed by atoms with Crippen LogP contribution in [-0.4, -0.2) is 43.6 Å². The number of rotatable bonds is 4. The van der Waals surface area contributed by atoms with Crippen LogP contribution in [-0.2, 0) is 9.47 Å². The van der Waals surface area contributed by atoms with E-state index in [4.69, 9.17) is 13.9 Å². The summed E-state index contributed by atoms with van der Waals surface area (Å²) in [5, 5.41) is 0. The molecule has 22 heavy (non-hydrogen) atoms. The topological polar surface area (TPSA) is 31.6 Å². The van der Waals surface area contributed by atoms with E-state index in [-0.39, 0.29) is 53.3 Å². The van der Waals surface area contributed by atoms with E-state index in [1.165, 1.54) is 0 Å². The zero-order valence-corrected chi connectivity index (χ0v) is 16.1. The molecule has 2 aromatic rings. The van der Waals surface area contributed by atoms with Crippen LogP contribution in [0.5, 0.6) is 0 Å². The maximum Gasteiger partial charge on any atom is 2.00 e. The molecule has 0 radical (unpaired) electrons. The van der Waals surface area contributed by atoms with Gasteiger partial charge in [-0.1, -0.05) is 30.3 Å². The Bertz CT molecular complexity index is 658. The molecule has 5 heteroatoms. The Hall–Kier alpha value is -0.604. The first-order valence-electron chi connectivity index (χ1n) is 6.38. The quantitative estimate of drug-likeness (QED) is 0.309. The third-order valence-electron chi connectivity index (χ3n) is 3.33. The van der Waals surface area contributed by atoms with Crippen molar-refractivity contribution in [2.24, 2.45) is 0 Å². The van der Waals surface area contributed by atoms with Gasteiger partial charge in [-0.05, 0) is 34.8 Å². The first-order chi connectivity index (χ1) is 9.83. The van der Waals surface area contributed by atoms with Crippen LogP contribution in [0.1, 0.15) is 16.9 Å². The van der Waals surface area contributed by atoms with E-state index < -0.39 is 0 Å². The Morgan fingerprint density at radius 2 is 1.77 bits per heavy atom. The van der Waals surface area contributed by atoms with Gasteiger partial charge in [-0.3, -0.25) is 0 Å². The minimum atomic E-state index is -0.370. The van der Waals surface area contributed by atoms with Crippen molar-refractivity contribution in [3.05, 3.63) is 65.6 Å². The van der Waals surface area contributed by atoms with Crippen molar-refractivity contribution in [3.8, 4) is 0 Å². The molecule has 110 valence electrons. The zero-order chi connectivity index (χ0) is 13.9. The maximum atomic E-state index is 5.38. The molecule has 0 N–H and O–H groups in total. The third-order valence-corrected chi connectivity index (χ3v) is 3.33. The van der Waals surface area contributed by atoms with Crippen LogP contribution in [0.4, 0.5) is 0 Å². The first kappa shape index (κ1) is 19.4. The van der Waals surface area contributed by atoms with Gasteiger partial charge >= 0.3 is 23.1 Å². The summed E-state index contributed by atoms with van der Waals surface area (Å²) >= 11 is 0. The Kier molecular flexibility index (Phi) is 7.85. The van der Waals surface area contributed by atoms with Gasteiger partial charge < -0.3 is 37.9 Å². The molecule has 3 rings (SSSR count). The summed E-state index contributed by atoms with van der Waals surface area (Å²) in [5.41, 5.74) is 4.38. The predicted molar refractivity (Wildman–Crippen MR) is 83.4 cm³/mol. The fourth-order valence-electron chi connectivity index (χ4n) is 2.46. The molecule has 1 heterocycles. The number of halogens is 1. The zero-order valence-electron chi connectivity index (χ0n) is 12.5. The van der Waals surface area contributed by atoms with Gasteiger partial charge in [-0.2, -0.15) is 6.07 Å². The summed E-state index contributed by atoms with van der Waals surface area (Å²) in [6.45, 7) is 0. The molecular formula is C17H15IMgO3. The molecule has 1 aromatic heterocycles. The summed E-state index contributed by atoms with van der Waals surface area (Å²) in [7, 11) is 3.28. The summed E-state index contributed by atoms with van der Waals surface area (Å²) < 4.78 is 16.0. The number of ether oxygens (including phenoxy) is 2. The van der Waals surface area contributed by atoms with Crippen LogP contribution >= 0.6 is 0 Å². The van der Waals surface area contributed by atoms with Crippen LogP contribution in [0.15, 0.2) is 46.9 Å². The first-order valence-corrected chi connectivity index (χ1v) is 6.38. The fraction of sp³-hybridized carbons (Fsp3) is 0.176. The molecular weight excluding hydrogens is 403 g/mol. The predicted octanol–water partition coefficient (Wildman–Crippen LogP) is 0.259. The molecule has 1 aliphatic carbocycles. The van der Waals surface area contributed by atoms with Gasteiger partial charge in [-0.25, -0.2) is 0 Å². The average Bonchev–Trinajstić information content (AvgIpc) is 3.10. The molecule has 1 aliphatic rings. The number of hydrogen-bond acceptors (Lipinski definition) is 3. The second-order valence-electron chi connectivity index (χ2n) is 4.50. The fourth-order valence-corrected chi connectivity index (χ4v) is 2.46. The van der Waals surface area contributed by atoms with Crippen molar-refractivity contribution in [1.82, 2.24) is 0 Å². The summed E-state index contributed by atoms with van der Waals surface area (Å²) in [6.07, 6.45) is 6.39. The Balaban J connectivity index is 0.00000121. The van der Waals surface area contributed by atoms with E-state index in [0.29, 0.717) is 0 Å². The minimum absolute atomic E-state index is 0. The third kappa shape index (κ3) is 3.83. The number of benzene rings is 1. The molecule has 0 saturated carbocycles. The SMILES string of the molecule is COC(OC)C1=C/C(=C\c2cc[c-]o2)c2ccccc21.[I-].[Mg+2]. The second kappa shape index (κ2) is 8.88. The molecule has 0 fully saturated rings. The molecule has 3 nitrogen and oxygen atoms in total. The number of allylic oxidation sites excluding steroid dienone is 2. The van der Waals surface area contributed by atoms with E-state index >= 15 is 0 Å². The maximum absolute atomic E-state index is 5.38. The van der Waals surface area contributed by atoms with Crippen molar-refractivity contribution < 1.29 is 37.9 Å². The monoisotopic (exact) mass is 418 g/mol. The van der Waals surface area contributed by atoms with Gasteiger partial charge in [0, 0.05) is 19.8 Å². The van der Waals surface area contributed by atoms with Crippen molar-refractivity contribution in [2.45, 2.75) is 6.29 Å². The van der Waals surface area contributed by atoms with Gasteiger partial charge in [-0.15, -0.1) is 6.07 Å². The van der Waals surface area contributed by atoms with Crippen LogP contribution in [0, 0.1) is 6.26 Å². The molecule has 0 bridgehead atoms. The van der Waals surface area contributed by atoms with Crippen molar-refractivity contribution in [3.63, 3.8) is 0 Å². The van der Waals surface area contributed by atoms with Gasteiger partial charge in [0.05, 0.1) is 0 Å². The Morgan fingerprint density at radius 3 is 2.36 bits per heavy atom. The van der Waals surface area contributed by atoms with Gasteiger partial charge in [0.25, 0.3) is 0 Å². The molecule has 0 aliphatic heterocycles. The van der Waals surface area contributed by atoms with Gasteiger partial charge in [0.2, 0.25) is 0 Å². The Morgan fingerprint density at radius 1 is 1.09 bits per heavy atom. The van der Waals surface area contributed by atoms with Crippen LogP contribution in [0.25, 0.3) is 17.2 Å². The van der Waals surface area contributed by atoms with Crippen LogP contribution < -0.4 is 24.0 Å². The van der Waals surface area contributed by atoms with Crippen molar-refractivity contribution >= 4 is 40.3 Å². The van der Waals surface area contributed by atoms with E-state index in [1.807, 2.05) is 24.3 Å². The van der Waals surface area contributed by atoms with E-state index in [0.717, 1.165) is 28.0 Å². The molecule has 0 amide bonds. The summed E-state index contributed by atoms with van der Waals surface area (Å²) in [5.74, 6) is 0.777.